The summed E-state index contributed by atoms with van der Waals surface area (Å²) in [6.45, 7) is 4.37. The molecule has 3 aliphatic rings. The van der Waals surface area contributed by atoms with Crippen molar-refractivity contribution in [3.8, 4) is 0 Å². The number of carbonyl (C=O) groups excluding carboxylic acids is 2. The fourth-order valence-corrected chi connectivity index (χ4v) is 7.85. The Bertz CT molecular complexity index is 916. The molecule has 3 aliphatic heterocycles. The lowest BCUT2D eigenvalue weighted by atomic mass is 10.1. The summed E-state index contributed by atoms with van der Waals surface area (Å²) in [5, 5.41) is 1.69. The van der Waals surface area contributed by atoms with Crippen LogP contribution in [0.3, 0.4) is 0 Å². The van der Waals surface area contributed by atoms with E-state index in [1.165, 1.54) is 23.8 Å². The fourth-order valence-electron chi connectivity index (χ4n) is 4.76. The molecule has 2 amide bonds. The summed E-state index contributed by atoms with van der Waals surface area (Å²) < 4.78 is 28.7. The van der Waals surface area contributed by atoms with Gasteiger partial charge in [0.25, 0.3) is 10.0 Å². The van der Waals surface area contributed by atoms with Crippen LogP contribution in [0.5, 0.6) is 0 Å². The molecule has 8 nitrogen and oxygen atoms in total. The molecule has 1 aromatic rings. The molecule has 1 N–H and O–H groups in total. The largest absolute Gasteiger partial charge is 0.337 e. The van der Waals surface area contributed by atoms with Crippen molar-refractivity contribution in [2.24, 2.45) is 0 Å². The van der Waals surface area contributed by atoms with Gasteiger partial charge in [-0.15, -0.1) is 11.3 Å². The van der Waals surface area contributed by atoms with Crippen molar-refractivity contribution in [3.05, 3.63) is 15.9 Å². The third-order valence-corrected chi connectivity index (χ3v) is 10.00. The van der Waals surface area contributed by atoms with Crippen LogP contribution in [-0.2, 0) is 19.6 Å². The number of hydrogen-bond acceptors (Lipinski definition) is 6. The monoisotopic (exact) mass is 532 g/mol. The molecule has 172 valence electrons. The molecule has 31 heavy (non-hydrogen) atoms. The number of likely N-dealkylation sites (tertiary alicyclic amines) is 3. The molecule has 11 heteroatoms. The van der Waals surface area contributed by atoms with Crippen LogP contribution in [0.25, 0.3) is 0 Å². The minimum atomic E-state index is -3.77. The molecule has 3 fully saturated rings. The van der Waals surface area contributed by atoms with E-state index in [0.717, 1.165) is 50.4 Å². The molecule has 0 saturated carbocycles. The number of hydrogen-bond donors (Lipinski definition) is 1. The van der Waals surface area contributed by atoms with E-state index in [1.54, 1.807) is 5.38 Å². The second-order valence-electron chi connectivity index (χ2n) is 8.55. The number of nitrogens with one attached hydrogen (secondary N) is 1. The first kappa shape index (κ1) is 23.2. The quantitative estimate of drug-likeness (QED) is 0.578. The van der Waals surface area contributed by atoms with Crippen LogP contribution in [0.4, 0.5) is 0 Å². The third-order valence-electron chi connectivity index (χ3n) is 6.33. The van der Waals surface area contributed by atoms with Crippen molar-refractivity contribution >= 4 is 49.1 Å². The van der Waals surface area contributed by atoms with E-state index in [4.69, 9.17) is 0 Å². The molecular weight excluding hydrogens is 504 g/mol. The minimum Gasteiger partial charge on any atom is -0.337 e. The van der Waals surface area contributed by atoms with Crippen molar-refractivity contribution in [3.63, 3.8) is 0 Å². The van der Waals surface area contributed by atoms with E-state index >= 15 is 0 Å². The maximum atomic E-state index is 13.0. The number of nitrogens with zero attached hydrogens (tertiary/aromatic N) is 3. The molecule has 1 aromatic heterocycles. The van der Waals surface area contributed by atoms with Gasteiger partial charge < -0.3 is 14.7 Å². The van der Waals surface area contributed by atoms with Crippen molar-refractivity contribution < 1.29 is 18.0 Å². The summed E-state index contributed by atoms with van der Waals surface area (Å²) in [6.07, 6.45) is 5.56. The van der Waals surface area contributed by atoms with Crippen molar-refractivity contribution in [1.82, 2.24) is 19.4 Å². The Morgan fingerprint density at radius 2 is 1.87 bits per heavy atom. The topological polar surface area (TPSA) is 90.0 Å². The zero-order chi connectivity index (χ0) is 22.0. The van der Waals surface area contributed by atoms with Gasteiger partial charge in [-0.1, -0.05) is 0 Å². The lowest BCUT2D eigenvalue weighted by Crippen LogP contribution is -2.55. The Morgan fingerprint density at radius 3 is 2.58 bits per heavy atom. The number of piperidine rings is 1. The molecule has 0 aromatic carbocycles. The Hall–Kier alpha value is -1.01. The van der Waals surface area contributed by atoms with Gasteiger partial charge in [0.2, 0.25) is 11.8 Å². The number of sulfonamides is 1. The van der Waals surface area contributed by atoms with E-state index in [0.29, 0.717) is 23.9 Å². The molecule has 2 atom stereocenters. The first-order valence-electron chi connectivity index (χ1n) is 10.9. The van der Waals surface area contributed by atoms with Gasteiger partial charge in [-0.2, -0.15) is 4.72 Å². The number of thiophene rings is 1. The molecule has 0 aliphatic carbocycles. The van der Waals surface area contributed by atoms with E-state index in [9.17, 15) is 18.0 Å². The van der Waals surface area contributed by atoms with Gasteiger partial charge in [0, 0.05) is 35.5 Å². The van der Waals surface area contributed by atoms with Crippen LogP contribution < -0.4 is 4.72 Å². The van der Waals surface area contributed by atoms with Crippen LogP contribution in [0, 0.1) is 0 Å². The lowest BCUT2D eigenvalue weighted by Gasteiger charge is -2.34. The Labute approximate surface area is 196 Å². The van der Waals surface area contributed by atoms with E-state index < -0.39 is 16.1 Å². The van der Waals surface area contributed by atoms with Gasteiger partial charge in [0.15, 0.2) is 0 Å². The fraction of sp³-hybridized carbons (Fsp3) is 0.700. The zero-order valence-corrected chi connectivity index (χ0v) is 20.7. The number of halogens is 1. The Morgan fingerprint density at radius 1 is 1.13 bits per heavy atom. The van der Waals surface area contributed by atoms with Crippen molar-refractivity contribution in [1.29, 1.82) is 0 Å². The first-order chi connectivity index (χ1) is 14.8. The maximum Gasteiger partial charge on any atom is 0.250 e. The third kappa shape index (κ3) is 5.50. The minimum absolute atomic E-state index is 0.0259. The normalized spacial score (nSPS) is 25.5. The lowest BCUT2D eigenvalue weighted by molar-refractivity contribution is -0.143. The summed E-state index contributed by atoms with van der Waals surface area (Å²) >= 11 is 4.36. The highest BCUT2D eigenvalue weighted by Crippen LogP contribution is 2.25. The smallest absolute Gasteiger partial charge is 0.250 e. The number of carbonyl (C=O) groups is 2. The van der Waals surface area contributed by atoms with Crippen LogP contribution >= 0.6 is 27.3 Å². The molecule has 0 radical (unpaired) electrons. The highest BCUT2D eigenvalue weighted by molar-refractivity contribution is 9.10. The van der Waals surface area contributed by atoms with Gasteiger partial charge in [0.05, 0.1) is 6.54 Å². The van der Waals surface area contributed by atoms with Gasteiger partial charge in [-0.3, -0.25) is 9.59 Å². The van der Waals surface area contributed by atoms with E-state index in [2.05, 4.69) is 25.6 Å². The van der Waals surface area contributed by atoms with Gasteiger partial charge >= 0.3 is 0 Å². The summed E-state index contributed by atoms with van der Waals surface area (Å²) in [7, 11) is -3.77. The molecule has 2 unspecified atom stereocenters. The standard InChI is InChI=1S/C20H29BrN4O4S2/c21-15-11-19(30-14-15)31(28,29)22-17-6-4-9-24(20(17)27)13-18(26)25-10-3-5-16(25)12-23-7-1-2-8-23/h11,14,16-17,22H,1-10,12-13H2. The van der Waals surface area contributed by atoms with Gasteiger partial charge in [-0.05, 0) is 73.6 Å². The summed E-state index contributed by atoms with van der Waals surface area (Å²) in [5.41, 5.74) is 0. The van der Waals surface area contributed by atoms with Crippen LogP contribution in [0.15, 0.2) is 20.1 Å². The first-order valence-corrected chi connectivity index (χ1v) is 14.1. The van der Waals surface area contributed by atoms with Crippen LogP contribution in [0.2, 0.25) is 0 Å². The molecule has 4 heterocycles. The molecule has 0 bridgehead atoms. The van der Waals surface area contributed by atoms with Crippen LogP contribution in [-0.4, -0.2) is 86.3 Å². The highest BCUT2D eigenvalue weighted by Gasteiger charge is 2.36. The summed E-state index contributed by atoms with van der Waals surface area (Å²) in [4.78, 5) is 31.9. The van der Waals surface area contributed by atoms with Crippen LogP contribution in [0.1, 0.15) is 38.5 Å². The van der Waals surface area contributed by atoms with E-state index in [1.807, 2.05) is 4.90 Å². The zero-order valence-electron chi connectivity index (χ0n) is 17.5. The Balaban J connectivity index is 1.36. The second-order valence-corrected chi connectivity index (χ2v) is 12.3. The molecular formula is C20H29BrN4O4S2. The SMILES string of the molecule is O=C1C(NS(=O)(=O)c2cc(Br)cs2)CCCN1CC(=O)N1CCCC1CN1CCCC1. The molecule has 3 saturated heterocycles. The van der Waals surface area contributed by atoms with Crippen molar-refractivity contribution in [2.75, 3.05) is 39.3 Å². The summed E-state index contributed by atoms with van der Waals surface area (Å²) in [5.74, 6) is -0.338. The number of amides is 2. The number of rotatable bonds is 7. The predicted octanol–water partition coefficient (Wildman–Crippen LogP) is 1.87. The van der Waals surface area contributed by atoms with Gasteiger partial charge in [0.1, 0.15) is 10.3 Å². The second kappa shape index (κ2) is 9.86. The summed E-state index contributed by atoms with van der Waals surface area (Å²) in [6, 6.07) is 0.915. The average Bonchev–Trinajstić information content (AvgIpc) is 3.47. The van der Waals surface area contributed by atoms with E-state index in [-0.39, 0.29) is 28.6 Å². The average molecular weight is 534 g/mol. The molecule has 4 rings (SSSR count). The maximum absolute atomic E-state index is 13.0. The van der Waals surface area contributed by atoms with Gasteiger partial charge in [-0.25, -0.2) is 8.42 Å². The molecule has 0 spiro atoms. The van der Waals surface area contributed by atoms with Crippen molar-refractivity contribution in [2.45, 2.75) is 54.8 Å². The predicted molar refractivity (Wildman–Crippen MR) is 122 cm³/mol. The Kier molecular flexibility index (Phi) is 7.37. The highest BCUT2D eigenvalue weighted by atomic mass is 79.9.